The fourth-order valence-electron chi connectivity index (χ4n) is 3.38. The molecule has 0 radical (unpaired) electrons. The molecule has 14 heavy (non-hydrogen) atoms. The van der Waals surface area contributed by atoms with Crippen LogP contribution >= 0.6 is 0 Å². The van der Waals surface area contributed by atoms with E-state index in [1.807, 2.05) is 0 Å². The maximum Gasteiger partial charge on any atom is 0.0418 e. The normalized spacial score (nSPS) is 19.9. The fraction of sp³-hybridized carbons (Fsp3) is 1.00. The van der Waals surface area contributed by atoms with Crippen LogP contribution in [-0.2, 0) is 0 Å². The predicted octanol–water partition coefficient (Wildman–Crippen LogP) is 3.14. The number of hydrogen-bond acceptors (Lipinski definition) is 0. The van der Waals surface area contributed by atoms with Gasteiger partial charge in [0.05, 0.1) is 0 Å². The molecule has 0 fully saturated rings. The minimum atomic E-state index is -3.41. The predicted molar refractivity (Wildman–Crippen MR) is 82.7 cm³/mol. The summed E-state index contributed by atoms with van der Waals surface area (Å²) in [5.41, 5.74) is 0. The van der Waals surface area contributed by atoms with Crippen LogP contribution in [0.4, 0.5) is 0 Å². The second-order valence-electron chi connectivity index (χ2n) is 7.50. The quantitative estimate of drug-likeness (QED) is 0.685. The summed E-state index contributed by atoms with van der Waals surface area (Å²) in [6.07, 6.45) is 0. The van der Waals surface area contributed by atoms with Crippen molar-refractivity contribution in [3.63, 3.8) is 0 Å². The zero-order valence-electron chi connectivity index (χ0n) is 14.5. The lowest BCUT2D eigenvalue weighted by atomic mass is 11.6. The van der Waals surface area contributed by atoms with Crippen LogP contribution < -0.4 is 0 Å². The van der Waals surface area contributed by atoms with Gasteiger partial charge in [-0.05, 0) is 0 Å². The molecule has 0 amide bonds. The van der Waals surface area contributed by atoms with Gasteiger partial charge in [-0.25, -0.2) is 0 Å². The van der Waals surface area contributed by atoms with Crippen molar-refractivity contribution in [2.24, 2.45) is 0 Å². The van der Waals surface area contributed by atoms with Gasteiger partial charge in [0.25, 0.3) is 0 Å². The summed E-state index contributed by atoms with van der Waals surface area (Å²) < 4.78 is 24.9. The van der Waals surface area contributed by atoms with Gasteiger partial charge in [0.15, 0.2) is 0 Å². The molecule has 0 heterocycles. The average molecular weight is 266 g/mol. The number of hydrogen-bond donors (Lipinski definition) is 0. The van der Waals surface area contributed by atoms with Gasteiger partial charge in [-0.3, -0.25) is 0 Å². The summed E-state index contributed by atoms with van der Waals surface area (Å²) in [6, 6.07) is 0. The van der Waals surface area contributed by atoms with E-state index in [1.54, 1.807) is 0 Å². The molecule has 0 nitrogen and oxygen atoms in total. The molecule has 0 saturated heterocycles. The SMILES string of the molecule is [2H][Si]([2H])([2H])C([Si](C)(C)C)([Si](C)(C)C)[Si](C)(C)C. The van der Waals surface area contributed by atoms with Crippen LogP contribution in [0.25, 0.3) is 0 Å². The molecule has 0 saturated carbocycles. The van der Waals surface area contributed by atoms with Gasteiger partial charge in [0, 0.05) is 38.0 Å². The molecule has 0 aromatic carbocycles. The summed E-state index contributed by atoms with van der Waals surface area (Å²) >= 11 is 0. The Labute approximate surface area is 101 Å². The van der Waals surface area contributed by atoms with Crippen LogP contribution in [0.1, 0.15) is 0 Å². The van der Waals surface area contributed by atoms with Gasteiger partial charge >= 0.3 is 0 Å². The molecule has 0 atom stereocenters. The first-order valence-corrected chi connectivity index (χ1v) is 16.5. The maximum atomic E-state index is 8.38. The molecular formula is C10H30Si4. The van der Waals surface area contributed by atoms with Crippen LogP contribution in [0.3, 0.4) is 0 Å². The molecular weight excluding hydrogens is 232 g/mol. The van der Waals surface area contributed by atoms with Gasteiger partial charge in [-0.15, -0.1) is 0 Å². The second kappa shape index (κ2) is 3.71. The Hall–Kier alpha value is 0.868. The lowest BCUT2D eigenvalue weighted by Crippen LogP contribution is -2.66. The van der Waals surface area contributed by atoms with Gasteiger partial charge in [-0.2, -0.15) is 0 Å². The van der Waals surface area contributed by atoms with Crippen molar-refractivity contribution in [2.75, 3.05) is 0 Å². The highest BCUT2D eigenvalue weighted by atomic mass is 28.5. The van der Waals surface area contributed by atoms with Crippen LogP contribution in [-0.4, -0.2) is 38.0 Å². The lowest BCUT2D eigenvalue weighted by Gasteiger charge is -2.57. The Morgan fingerprint density at radius 1 is 0.714 bits per heavy atom. The van der Waals surface area contributed by atoms with Crippen LogP contribution in [0.5, 0.6) is 0 Å². The summed E-state index contributed by atoms with van der Waals surface area (Å²) in [7, 11) is -8.57. The zero-order chi connectivity index (χ0) is 14.5. The zero-order valence-corrected chi connectivity index (χ0v) is 15.5. The summed E-state index contributed by atoms with van der Waals surface area (Å²) in [6.45, 7) is 20.7. The third kappa shape index (κ3) is 2.33. The van der Waals surface area contributed by atoms with E-state index >= 15 is 0 Å². The monoisotopic (exact) mass is 265 g/mol. The van der Waals surface area contributed by atoms with Crippen molar-refractivity contribution >= 4 is 34.3 Å². The van der Waals surface area contributed by atoms with E-state index in [1.165, 1.54) is 0 Å². The Morgan fingerprint density at radius 2 is 0.929 bits per heavy atom. The molecule has 0 unspecified atom stereocenters. The Bertz CT molecular complexity index is 216. The first-order valence-electron chi connectivity index (χ1n) is 7.00. The van der Waals surface area contributed by atoms with E-state index in [0.717, 1.165) is 0 Å². The Balaban J connectivity index is 6.37. The molecule has 86 valence electrons. The minimum absolute atomic E-state index is 0.194. The van der Waals surface area contributed by atoms with Crippen LogP contribution in [0, 0.1) is 0 Å². The van der Waals surface area contributed by atoms with Crippen molar-refractivity contribution in [3.05, 3.63) is 0 Å². The van der Waals surface area contributed by atoms with Crippen molar-refractivity contribution in [2.45, 2.75) is 62.8 Å². The highest BCUT2D eigenvalue weighted by molar-refractivity contribution is 7.21. The molecule has 0 aliphatic rings. The minimum Gasteiger partial charge on any atom is -0.0698 e. The van der Waals surface area contributed by atoms with Crippen molar-refractivity contribution in [1.82, 2.24) is 0 Å². The Morgan fingerprint density at radius 3 is 0.929 bits per heavy atom. The first kappa shape index (κ1) is 10.0. The van der Waals surface area contributed by atoms with E-state index in [-0.39, 0.29) is 3.91 Å². The largest absolute Gasteiger partial charge is 0.0698 e. The van der Waals surface area contributed by atoms with Gasteiger partial charge in [-0.1, -0.05) is 62.8 Å². The smallest absolute Gasteiger partial charge is 0.0418 e. The van der Waals surface area contributed by atoms with Crippen molar-refractivity contribution < 1.29 is 0 Å². The fourth-order valence-corrected chi connectivity index (χ4v) is 30.4. The average Bonchev–Trinajstić information content (AvgIpc) is 1.67. The third-order valence-corrected chi connectivity index (χ3v) is 30.4. The van der Waals surface area contributed by atoms with Gasteiger partial charge in [0.2, 0.25) is 0 Å². The molecule has 0 rings (SSSR count). The first-order chi connectivity index (χ1) is 7.00. The summed E-state index contributed by atoms with van der Waals surface area (Å²) in [5, 5.41) is 0. The van der Waals surface area contributed by atoms with E-state index in [4.69, 9.17) is 3.70 Å². The summed E-state index contributed by atoms with van der Waals surface area (Å²) in [4.78, 5) is 0. The molecule has 0 N–H and O–H groups in total. The highest BCUT2D eigenvalue weighted by Crippen LogP contribution is 2.50. The standard InChI is InChI=1S/C10H30Si4/c1-12(2,3)10(11,13(4,5)6)14(7,8)9/h1-9,11H3/i11D3. The van der Waals surface area contributed by atoms with E-state index in [9.17, 15) is 0 Å². The van der Waals surface area contributed by atoms with Gasteiger partial charge in [0.1, 0.15) is 0 Å². The highest BCUT2D eigenvalue weighted by Gasteiger charge is 2.55. The van der Waals surface area contributed by atoms with Crippen LogP contribution in [0.2, 0.25) is 62.8 Å². The second-order valence-corrected chi connectivity index (χ2v) is 27.0. The van der Waals surface area contributed by atoms with Crippen molar-refractivity contribution in [3.8, 4) is 0 Å². The molecule has 0 aromatic heterocycles. The molecule has 4 heteroatoms. The lowest BCUT2D eigenvalue weighted by molar-refractivity contribution is 1.25. The van der Waals surface area contributed by atoms with E-state index in [0.29, 0.717) is 0 Å². The molecule has 0 aliphatic carbocycles. The Kier molecular flexibility index (Phi) is 2.67. The van der Waals surface area contributed by atoms with Crippen molar-refractivity contribution in [1.29, 1.82) is 3.70 Å². The van der Waals surface area contributed by atoms with Gasteiger partial charge < -0.3 is 0 Å². The molecule has 0 aromatic rings. The topological polar surface area (TPSA) is 0 Å². The molecule has 0 spiro atoms. The maximum absolute atomic E-state index is 8.38. The van der Waals surface area contributed by atoms with E-state index < -0.39 is 34.3 Å². The molecule has 0 bridgehead atoms. The molecule has 0 aliphatic heterocycles. The summed E-state index contributed by atoms with van der Waals surface area (Å²) in [5.74, 6) is 0. The number of rotatable bonds is 4. The third-order valence-electron chi connectivity index (χ3n) is 3.38. The van der Waals surface area contributed by atoms with Crippen LogP contribution in [0.15, 0.2) is 0 Å². The van der Waals surface area contributed by atoms with E-state index in [2.05, 4.69) is 58.9 Å².